The lowest BCUT2D eigenvalue weighted by Crippen LogP contribution is -2.13. The molecular formula is C19H17N3O4. The summed E-state index contributed by atoms with van der Waals surface area (Å²) < 4.78 is 10.4. The summed E-state index contributed by atoms with van der Waals surface area (Å²) in [5.74, 6) is 0.107. The van der Waals surface area contributed by atoms with Gasteiger partial charge >= 0.3 is 0 Å². The molecule has 3 aromatic rings. The predicted octanol–water partition coefficient (Wildman–Crippen LogP) is 3.33. The number of ether oxygens (including phenoxy) is 1. The summed E-state index contributed by atoms with van der Waals surface area (Å²) in [6, 6.07) is 13.4. The Kier molecular flexibility index (Phi) is 5.40. The molecule has 0 aliphatic carbocycles. The van der Waals surface area contributed by atoms with Crippen molar-refractivity contribution >= 4 is 23.2 Å². The molecule has 0 aliphatic heterocycles. The number of amides is 2. The monoisotopic (exact) mass is 351 g/mol. The second-order valence-corrected chi connectivity index (χ2v) is 5.42. The number of furan rings is 1. The van der Waals surface area contributed by atoms with Gasteiger partial charge in [-0.2, -0.15) is 0 Å². The molecule has 132 valence electrons. The van der Waals surface area contributed by atoms with Crippen LogP contribution in [0.25, 0.3) is 0 Å². The molecule has 2 heterocycles. The number of methoxy groups -OCH3 is 1. The fraction of sp³-hybridized carbons (Fsp3) is 0.105. The quantitative estimate of drug-likeness (QED) is 0.710. The van der Waals surface area contributed by atoms with Gasteiger partial charge in [-0.05, 0) is 42.5 Å². The first-order chi connectivity index (χ1) is 12.7. The predicted molar refractivity (Wildman–Crippen MR) is 96.0 cm³/mol. The highest BCUT2D eigenvalue weighted by atomic mass is 16.5. The lowest BCUT2D eigenvalue weighted by atomic mass is 10.2. The van der Waals surface area contributed by atoms with Crippen LogP contribution in [0.1, 0.15) is 26.7 Å². The molecule has 0 atom stereocenters. The van der Waals surface area contributed by atoms with Crippen LogP contribution >= 0.6 is 0 Å². The number of anilines is 2. The molecule has 2 amide bonds. The SMILES string of the molecule is COCc1ccc(C(=O)Nc2cccc(NC(=O)c3ccncc3)c2)o1. The van der Waals surface area contributed by atoms with E-state index in [1.165, 1.54) is 0 Å². The van der Waals surface area contributed by atoms with E-state index in [4.69, 9.17) is 9.15 Å². The van der Waals surface area contributed by atoms with Crippen molar-refractivity contribution in [2.75, 3.05) is 17.7 Å². The molecule has 7 heteroatoms. The Hall–Kier alpha value is -3.45. The normalized spacial score (nSPS) is 10.3. The zero-order valence-corrected chi connectivity index (χ0v) is 14.1. The van der Waals surface area contributed by atoms with Crippen LogP contribution in [0.5, 0.6) is 0 Å². The van der Waals surface area contributed by atoms with E-state index in [1.54, 1.807) is 68.0 Å². The number of hydrogen-bond acceptors (Lipinski definition) is 5. The molecule has 0 aliphatic rings. The van der Waals surface area contributed by atoms with Crippen LogP contribution < -0.4 is 10.6 Å². The summed E-state index contributed by atoms with van der Waals surface area (Å²) in [7, 11) is 1.55. The van der Waals surface area contributed by atoms with Gasteiger partial charge in [-0.3, -0.25) is 14.6 Å². The first-order valence-electron chi connectivity index (χ1n) is 7.86. The molecule has 7 nitrogen and oxygen atoms in total. The molecule has 2 N–H and O–H groups in total. The molecule has 0 spiro atoms. The topological polar surface area (TPSA) is 93.5 Å². The highest BCUT2D eigenvalue weighted by Gasteiger charge is 2.12. The molecule has 0 saturated carbocycles. The molecule has 3 rings (SSSR count). The van der Waals surface area contributed by atoms with E-state index in [-0.39, 0.29) is 17.6 Å². The summed E-state index contributed by atoms with van der Waals surface area (Å²) in [6.07, 6.45) is 3.10. The lowest BCUT2D eigenvalue weighted by molar-refractivity contribution is 0.0986. The van der Waals surface area contributed by atoms with Crippen molar-refractivity contribution in [1.29, 1.82) is 0 Å². The second-order valence-electron chi connectivity index (χ2n) is 5.42. The van der Waals surface area contributed by atoms with Gasteiger partial charge in [0.15, 0.2) is 5.76 Å². The van der Waals surface area contributed by atoms with E-state index in [9.17, 15) is 9.59 Å². The minimum absolute atomic E-state index is 0.184. The Labute approximate surface area is 150 Å². The molecule has 0 saturated heterocycles. The zero-order valence-electron chi connectivity index (χ0n) is 14.1. The highest BCUT2D eigenvalue weighted by Crippen LogP contribution is 2.18. The molecule has 0 radical (unpaired) electrons. The molecule has 1 aromatic carbocycles. The fourth-order valence-corrected chi connectivity index (χ4v) is 2.29. The van der Waals surface area contributed by atoms with Crippen molar-refractivity contribution in [1.82, 2.24) is 4.98 Å². The minimum atomic E-state index is -0.384. The van der Waals surface area contributed by atoms with Gasteiger partial charge in [-0.25, -0.2) is 0 Å². The van der Waals surface area contributed by atoms with Crippen LogP contribution in [0.2, 0.25) is 0 Å². The number of aromatic nitrogens is 1. The Morgan fingerprint density at radius 1 is 1.00 bits per heavy atom. The van der Waals surface area contributed by atoms with Crippen LogP contribution in [0, 0.1) is 0 Å². The Morgan fingerprint density at radius 3 is 2.38 bits per heavy atom. The summed E-state index contributed by atoms with van der Waals surface area (Å²) in [6.45, 7) is 0.295. The number of carbonyl (C=O) groups is 2. The molecule has 2 aromatic heterocycles. The molecular weight excluding hydrogens is 334 g/mol. The summed E-state index contributed by atoms with van der Waals surface area (Å²) in [5, 5.41) is 5.51. The third-order valence-corrected chi connectivity index (χ3v) is 3.49. The second kappa shape index (κ2) is 8.09. The largest absolute Gasteiger partial charge is 0.453 e. The number of hydrogen-bond donors (Lipinski definition) is 2. The van der Waals surface area contributed by atoms with Crippen molar-refractivity contribution in [2.24, 2.45) is 0 Å². The third kappa shape index (κ3) is 4.34. The van der Waals surface area contributed by atoms with E-state index in [2.05, 4.69) is 15.6 Å². The van der Waals surface area contributed by atoms with Crippen LogP contribution in [-0.4, -0.2) is 23.9 Å². The van der Waals surface area contributed by atoms with Gasteiger partial charge in [0, 0.05) is 36.4 Å². The van der Waals surface area contributed by atoms with E-state index in [1.807, 2.05) is 0 Å². The van der Waals surface area contributed by atoms with E-state index >= 15 is 0 Å². The van der Waals surface area contributed by atoms with Crippen LogP contribution in [0.15, 0.2) is 65.3 Å². The number of nitrogens with one attached hydrogen (secondary N) is 2. The first-order valence-corrected chi connectivity index (χ1v) is 7.86. The smallest absolute Gasteiger partial charge is 0.291 e. The standard InChI is InChI=1S/C19H17N3O4/c1-25-12-16-5-6-17(26-16)19(24)22-15-4-2-3-14(11-15)21-18(23)13-7-9-20-10-8-13/h2-11H,12H2,1H3,(H,21,23)(H,22,24). The summed E-state index contributed by atoms with van der Waals surface area (Å²) >= 11 is 0. The van der Waals surface area contributed by atoms with Gasteiger partial charge in [0.25, 0.3) is 11.8 Å². The molecule has 0 bridgehead atoms. The van der Waals surface area contributed by atoms with Crippen LogP contribution in [-0.2, 0) is 11.3 Å². The van der Waals surface area contributed by atoms with Gasteiger partial charge in [-0.1, -0.05) is 6.07 Å². The molecule has 0 unspecified atom stereocenters. The van der Waals surface area contributed by atoms with Crippen LogP contribution in [0.4, 0.5) is 11.4 Å². The zero-order chi connectivity index (χ0) is 18.4. The van der Waals surface area contributed by atoms with Crippen molar-refractivity contribution in [3.05, 3.63) is 78.0 Å². The van der Waals surface area contributed by atoms with Crippen LogP contribution in [0.3, 0.4) is 0 Å². The maximum absolute atomic E-state index is 12.2. The average Bonchev–Trinajstić information content (AvgIpc) is 3.12. The van der Waals surface area contributed by atoms with E-state index in [0.717, 1.165) is 0 Å². The lowest BCUT2D eigenvalue weighted by Gasteiger charge is -2.08. The Bertz CT molecular complexity index is 906. The van der Waals surface area contributed by atoms with E-state index in [0.29, 0.717) is 29.3 Å². The maximum Gasteiger partial charge on any atom is 0.291 e. The highest BCUT2D eigenvalue weighted by molar-refractivity contribution is 6.05. The van der Waals surface area contributed by atoms with Gasteiger partial charge in [0.05, 0.1) is 0 Å². The van der Waals surface area contributed by atoms with E-state index < -0.39 is 0 Å². The van der Waals surface area contributed by atoms with Gasteiger partial charge in [-0.15, -0.1) is 0 Å². The maximum atomic E-state index is 12.2. The fourth-order valence-electron chi connectivity index (χ4n) is 2.29. The Balaban J connectivity index is 1.67. The Morgan fingerprint density at radius 2 is 1.69 bits per heavy atom. The van der Waals surface area contributed by atoms with Crippen molar-refractivity contribution in [3.8, 4) is 0 Å². The minimum Gasteiger partial charge on any atom is -0.453 e. The number of nitrogens with zero attached hydrogens (tertiary/aromatic N) is 1. The summed E-state index contributed by atoms with van der Waals surface area (Å²) in [5.41, 5.74) is 1.59. The number of pyridine rings is 1. The summed E-state index contributed by atoms with van der Waals surface area (Å²) in [4.78, 5) is 28.3. The third-order valence-electron chi connectivity index (χ3n) is 3.49. The van der Waals surface area contributed by atoms with Gasteiger partial charge in [0.1, 0.15) is 12.4 Å². The molecule has 0 fully saturated rings. The van der Waals surface area contributed by atoms with Gasteiger partial charge < -0.3 is 19.8 Å². The molecule has 26 heavy (non-hydrogen) atoms. The van der Waals surface area contributed by atoms with Crippen molar-refractivity contribution in [2.45, 2.75) is 6.61 Å². The first kappa shape index (κ1) is 17.4. The number of carbonyl (C=O) groups excluding carboxylic acids is 2. The van der Waals surface area contributed by atoms with Crippen molar-refractivity contribution < 1.29 is 18.7 Å². The number of rotatable bonds is 6. The van der Waals surface area contributed by atoms with Gasteiger partial charge in [0.2, 0.25) is 0 Å². The average molecular weight is 351 g/mol. The van der Waals surface area contributed by atoms with Crippen molar-refractivity contribution in [3.63, 3.8) is 0 Å². The number of benzene rings is 1.